The number of phenolic OH excluding ortho intramolecular Hbond substituents is 1. The van der Waals surface area contributed by atoms with E-state index >= 15 is 4.39 Å². The Balaban J connectivity index is 1.31. The Bertz CT molecular complexity index is 1180. The number of halogens is 1. The standard InChI is InChI=1S/C24H24FN5O2/c25-23-18(11-14-3-1-4-19(23)27-14)16-7-10-32-22-13-20(28-29-24(16)22)17-6-5-15(12-21(17)31)30-9-2-8-26-30/h2,5-9,12-14,18-19,23,27,31H,1,3-4,10-11H2/t14-,18-,19+,23+/m0/s1. The molecule has 2 saturated heterocycles. The molecule has 4 atom stereocenters. The summed E-state index contributed by atoms with van der Waals surface area (Å²) in [6.07, 6.45) is 8.32. The minimum absolute atomic E-state index is 0.0776. The highest BCUT2D eigenvalue weighted by Gasteiger charge is 2.42. The van der Waals surface area contributed by atoms with Gasteiger partial charge in [0, 0.05) is 48.1 Å². The second kappa shape index (κ2) is 7.70. The van der Waals surface area contributed by atoms with E-state index in [1.54, 1.807) is 29.1 Å². The van der Waals surface area contributed by atoms with Crippen molar-refractivity contribution < 1.29 is 14.2 Å². The van der Waals surface area contributed by atoms with E-state index < -0.39 is 6.17 Å². The van der Waals surface area contributed by atoms with Crippen LogP contribution in [0.15, 0.2) is 48.8 Å². The molecule has 8 heteroatoms. The molecular formula is C24H24FN5O2. The monoisotopic (exact) mass is 433 g/mol. The summed E-state index contributed by atoms with van der Waals surface area (Å²) < 4.78 is 22.8. The topological polar surface area (TPSA) is 85.1 Å². The third-order valence-electron chi connectivity index (χ3n) is 6.82. The normalized spacial score (nSPS) is 26.7. The lowest BCUT2D eigenvalue weighted by Crippen LogP contribution is -2.55. The van der Waals surface area contributed by atoms with Crippen molar-refractivity contribution in [3.05, 3.63) is 54.5 Å². The molecule has 3 aliphatic rings. The molecule has 3 aromatic rings. The van der Waals surface area contributed by atoms with Crippen LogP contribution in [0.4, 0.5) is 4.39 Å². The van der Waals surface area contributed by atoms with Gasteiger partial charge in [-0.1, -0.05) is 6.42 Å². The number of ether oxygens (including phenoxy) is 1. The van der Waals surface area contributed by atoms with Crippen molar-refractivity contribution in [3.63, 3.8) is 0 Å². The van der Waals surface area contributed by atoms with Crippen LogP contribution < -0.4 is 10.1 Å². The first kappa shape index (κ1) is 19.4. The maximum absolute atomic E-state index is 15.3. The largest absolute Gasteiger partial charge is 0.507 e. The summed E-state index contributed by atoms with van der Waals surface area (Å²) in [5.74, 6) is 0.462. The number of benzene rings is 1. The van der Waals surface area contributed by atoms with Gasteiger partial charge in [-0.2, -0.15) is 5.10 Å². The Hall–Kier alpha value is -3.26. The number of hydrogen-bond acceptors (Lipinski definition) is 6. The summed E-state index contributed by atoms with van der Waals surface area (Å²) in [6.45, 7) is 0.379. The molecule has 2 N–H and O–H groups in total. The fourth-order valence-corrected chi connectivity index (χ4v) is 5.27. The summed E-state index contributed by atoms with van der Waals surface area (Å²) in [7, 11) is 0. The highest BCUT2D eigenvalue weighted by atomic mass is 19.1. The average molecular weight is 433 g/mol. The van der Waals surface area contributed by atoms with Gasteiger partial charge in [0.15, 0.2) is 0 Å². The predicted octanol–water partition coefficient (Wildman–Crippen LogP) is 3.68. The number of alkyl halides is 1. The number of aromatic nitrogens is 4. The van der Waals surface area contributed by atoms with Gasteiger partial charge in [-0.05, 0) is 49.1 Å². The first-order valence-electron chi connectivity index (χ1n) is 11.1. The second-order valence-corrected chi connectivity index (χ2v) is 8.75. The lowest BCUT2D eigenvalue weighted by molar-refractivity contribution is 0.0974. The Morgan fingerprint density at radius 1 is 1.19 bits per heavy atom. The quantitative estimate of drug-likeness (QED) is 0.656. The number of rotatable bonds is 3. The molecule has 0 amide bonds. The summed E-state index contributed by atoms with van der Waals surface area (Å²) in [5.41, 5.74) is 3.31. The van der Waals surface area contributed by atoms with Gasteiger partial charge in [0.25, 0.3) is 0 Å². The molecule has 7 nitrogen and oxygen atoms in total. The van der Waals surface area contributed by atoms with E-state index in [4.69, 9.17) is 4.74 Å². The van der Waals surface area contributed by atoms with E-state index in [9.17, 15) is 5.11 Å². The van der Waals surface area contributed by atoms with Gasteiger partial charge in [0.05, 0.1) is 5.69 Å². The molecule has 5 heterocycles. The zero-order valence-corrected chi connectivity index (χ0v) is 17.5. The molecular weight excluding hydrogens is 409 g/mol. The van der Waals surface area contributed by atoms with E-state index in [0.29, 0.717) is 35.3 Å². The van der Waals surface area contributed by atoms with Crippen molar-refractivity contribution in [1.29, 1.82) is 0 Å². The van der Waals surface area contributed by atoms with Crippen molar-refractivity contribution in [2.75, 3.05) is 6.61 Å². The average Bonchev–Trinajstić information content (AvgIpc) is 3.36. The Morgan fingerprint density at radius 3 is 2.97 bits per heavy atom. The molecule has 6 rings (SSSR count). The van der Waals surface area contributed by atoms with E-state index in [1.807, 2.05) is 24.4 Å². The highest BCUT2D eigenvalue weighted by molar-refractivity contribution is 5.75. The van der Waals surface area contributed by atoms with E-state index in [2.05, 4.69) is 20.6 Å². The summed E-state index contributed by atoms with van der Waals surface area (Å²) in [4.78, 5) is 0. The predicted molar refractivity (Wildman–Crippen MR) is 117 cm³/mol. The Morgan fingerprint density at radius 2 is 2.12 bits per heavy atom. The Kier molecular flexibility index (Phi) is 4.68. The molecule has 32 heavy (non-hydrogen) atoms. The molecule has 0 unspecified atom stereocenters. The van der Waals surface area contributed by atoms with Gasteiger partial charge in [-0.25, -0.2) is 9.07 Å². The van der Waals surface area contributed by atoms with Crippen molar-refractivity contribution in [2.24, 2.45) is 5.92 Å². The van der Waals surface area contributed by atoms with Crippen LogP contribution in [0, 0.1) is 5.92 Å². The van der Waals surface area contributed by atoms with Crippen molar-refractivity contribution in [1.82, 2.24) is 25.3 Å². The summed E-state index contributed by atoms with van der Waals surface area (Å²) in [5, 5.41) is 27.0. The minimum Gasteiger partial charge on any atom is -0.507 e. The zero-order valence-electron chi connectivity index (χ0n) is 17.5. The van der Waals surface area contributed by atoms with E-state index in [0.717, 1.165) is 36.9 Å². The van der Waals surface area contributed by atoms with Gasteiger partial charge in [-0.3, -0.25) is 0 Å². The number of hydrogen-bond donors (Lipinski definition) is 2. The number of nitrogens with zero attached hydrogens (tertiary/aromatic N) is 4. The van der Waals surface area contributed by atoms with Crippen LogP contribution in [-0.4, -0.2) is 49.9 Å². The maximum atomic E-state index is 15.3. The molecule has 3 aliphatic heterocycles. The maximum Gasteiger partial charge on any atom is 0.149 e. The summed E-state index contributed by atoms with van der Waals surface area (Å²) in [6, 6.07) is 9.15. The zero-order chi connectivity index (χ0) is 21.7. The van der Waals surface area contributed by atoms with Gasteiger partial charge in [0.2, 0.25) is 0 Å². The fourth-order valence-electron chi connectivity index (χ4n) is 5.27. The number of fused-ring (bicyclic) bond motifs is 3. The summed E-state index contributed by atoms with van der Waals surface area (Å²) >= 11 is 0. The van der Waals surface area contributed by atoms with Crippen molar-refractivity contribution in [3.8, 4) is 28.4 Å². The smallest absolute Gasteiger partial charge is 0.149 e. The molecule has 2 fully saturated rings. The number of phenols is 1. The van der Waals surface area contributed by atoms with Crippen LogP contribution in [-0.2, 0) is 0 Å². The number of aromatic hydroxyl groups is 1. The Labute approximate surface area is 184 Å². The van der Waals surface area contributed by atoms with Crippen LogP contribution in [0.2, 0.25) is 0 Å². The lowest BCUT2D eigenvalue weighted by atomic mass is 9.74. The van der Waals surface area contributed by atoms with E-state index in [1.165, 1.54) is 0 Å². The number of allylic oxidation sites excluding steroid dienone is 1. The molecule has 0 radical (unpaired) electrons. The van der Waals surface area contributed by atoms with Gasteiger partial charge < -0.3 is 15.2 Å². The van der Waals surface area contributed by atoms with Gasteiger partial charge in [-0.15, -0.1) is 10.2 Å². The molecule has 2 bridgehead atoms. The van der Waals surface area contributed by atoms with Crippen molar-refractivity contribution >= 4 is 5.57 Å². The molecule has 0 spiro atoms. The number of nitrogens with one attached hydrogen (secondary N) is 1. The van der Waals surface area contributed by atoms with Gasteiger partial charge >= 0.3 is 0 Å². The number of piperidine rings is 2. The highest BCUT2D eigenvalue weighted by Crippen LogP contribution is 2.43. The molecule has 0 aliphatic carbocycles. The second-order valence-electron chi connectivity index (χ2n) is 8.75. The fraction of sp³-hybridized carbons (Fsp3) is 0.375. The third-order valence-corrected chi connectivity index (χ3v) is 6.82. The first-order chi connectivity index (χ1) is 15.7. The molecule has 0 saturated carbocycles. The molecule has 2 aromatic heterocycles. The third kappa shape index (κ3) is 3.26. The van der Waals surface area contributed by atoms with Crippen LogP contribution >= 0.6 is 0 Å². The van der Waals surface area contributed by atoms with Crippen LogP contribution in [0.3, 0.4) is 0 Å². The lowest BCUT2D eigenvalue weighted by Gasteiger charge is -2.44. The minimum atomic E-state index is -0.941. The van der Waals surface area contributed by atoms with Crippen LogP contribution in [0.5, 0.6) is 11.5 Å². The van der Waals surface area contributed by atoms with Crippen molar-refractivity contribution in [2.45, 2.75) is 43.9 Å². The van der Waals surface area contributed by atoms with Gasteiger partial charge in [0.1, 0.15) is 35.7 Å². The first-order valence-corrected chi connectivity index (χ1v) is 11.1. The SMILES string of the molecule is Oc1cc(-n2cccn2)ccc1-c1cc2c(nn1)C([C@@H]1C[C@@H]3CCC[C@@H](N3)[C@@H]1F)=CCO2. The molecule has 1 aromatic carbocycles. The molecule has 164 valence electrons. The van der Waals surface area contributed by atoms with E-state index in [-0.39, 0.29) is 17.7 Å². The van der Waals surface area contributed by atoms with Crippen LogP contribution in [0.1, 0.15) is 31.4 Å². The van der Waals surface area contributed by atoms with Crippen LogP contribution in [0.25, 0.3) is 22.5 Å².